The Labute approximate surface area is 99.8 Å². The smallest absolute Gasteiger partial charge is 0.326 e. The van der Waals surface area contributed by atoms with Crippen LogP contribution in [0.25, 0.3) is 0 Å². The fourth-order valence-corrected chi connectivity index (χ4v) is 2.29. The molecule has 0 saturated heterocycles. The van der Waals surface area contributed by atoms with Gasteiger partial charge in [0.15, 0.2) is 0 Å². The number of nitrogens with one attached hydrogen (secondary N) is 1. The Hall–Kier alpha value is -1.66. The number of sulfonamides is 1. The van der Waals surface area contributed by atoms with Crippen molar-refractivity contribution in [2.45, 2.75) is 6.04 Å². The van der Waals surface area contributed by atoms with Gasteiger partial charge in [-0.1, -0.05) is 36.4 Å². The lowest BCUT2D eigenvalue weighted by molar-refractivity contribution is -0.139. The Morgan fingerprint density at radius 2 is 2.00 bits per heavy atom. The highest BCUT2D eigenvalue weighted by Gasteiger charge is 2.24. The summed E-state index contributed by atoms with van der Waals surface area (Å²) < 4.78 is 25.1. The zero-order chi connectivity index (χ0) is 12.9. The van der Waals surface area contributed by atoms with Gasteiger partial charge in [0.1, 0.15) is 6.04 Å². The highest BCUT2D eigenvalue weighted by atomic mass is 32.2. The van der Waals surface area contributed by atoms with Crippen LogP contribution in [-0.2, 0) is 14.8 Å². The van der Waals surface area contributed by atoms with E-state index in [-0.39, 0.29) is 5.75 Å². The highest BCUT2D eigenvalue weighted by molar-refractivity contribution is 7.89. The molecule has 0 heterocycles. The lowest BCUT2D eigenvalue weighted by atomic mass is 10.1. The molecular weight excluding hydrogens is 242 g/mol. The molecule has 2 N–H and O–H groups in total. The van der Waals surface area contributed by atoms with Crippen molar-refractivity contribution in [1.29, 1.82) is 0 Å². The summed E-state index contributed by atoms with van der Waals surface area (Å²) in [7, 11) is -3.67. The van der Waals surface area contributed by atoms with Gasteiger partial charge in [-0.05, 0) is 5.56 Å². The van der Waals surface area contributed by atoms with Crippen molar-refractivity contribution in [1.82, 2.24) is 4.72 Å². The van der Waals surface area contributed by atoms with Gasteiger partial charge >= 0.3 is 5.97 Å². The van der Waals surface area contributed by atoms with E-state index in [0.29, 0.717) is 5.56 Å². The molecule has 92 valence electrons. The number of rotatable bonds is 6. The molecule has 0 bridgehead atoms. The van der Waals surface area contributed by atoms with Crippen LogP contribution < -0.4 is 4.72 Å². The first-order valence-corrected chi connectivity index (χ1v) is 6.50. The first-order chi connectivity index (χ1) is 7.96. The van der Waals surface area contributed by atoms with Gasteiger partial charge < -0.3 is 5.11 Å². The van der Waals surface area contributed by atoms with Crippen LogP contribution in [0.3, 0.4) is 0 Å². The van der Waals surface area contributed by atoms with Crippen LogP contribution in [-0.4, -0.2) is 25.2 Å². The van der Waals surface area contributed by atoms with Crippen molar-refractivity contribution < 1.29 is 18.3 Å². The maximum absolute atomic E-state index is 11.5. The van der Waals surface area contributed by atoms with Crippen LogP contribution in [0.15, 0.2) is 43.0 Å². The van der Waals surface area contributed by atoms with Crippen LogP contribution in [0.1, 0.15) is 11.6 Å². The first kappa shape index (κ1) is 13.4. The minimum atomic E-state index is -3.67. The molecule has 0 aliphatic heterocycles. The molecule has 0 amide bonds. The van der Waals surface area contributed by atoms with Crippen LogP contribution in [0.2, 0.25) is 0 Å². The molecule has 0 spiro atoms. The van der Waals surface area contributed by atoms with Gasteiger partial charge in [-0.25, -0.2) is 8.42 Å². The molecule has 1 atom stereocenters. The highest BCUT2D eigenvalue weighted by Crippen LogP contribution is 2.13. The largest absolute Gasteiger partial charge is 0.480 e. The quantitative estimate of drug-likeness (QED) is 0.740. The molecule has 17 heavy (non-hydrogen) atoms. The van der Waals surface area contributed by atoms with Crippen molar-refractivity contribution >= 4 is 16.0 Å². The Kier molecular flexibility index (Phi) is 4.42. The van der Waals surface area contributed by atoms with Crippen LogP contribution >= 0.6 is 0 Å². The fraction of sp³-hybridized carbons (Fsp3) is 0.182. The maximum Gasteiger partial charge on any atom is 0.326 e. The second-order valence-electron chi connectivity index (χ2n) is 3.37. The van der Waals surface area contributed by atoms with Crippen molar-refractivity contribution in [3.8, 4) is 0 Å². The Balaban J connectivity index is 2.97. The molecule has 6 heteroatoms. The molecular formula is C11H13NO4S. The Morgan fingerprint density at radius 3 is 2.47 bits per heavy atom. The predicted octanol–water partition coefficient (Wildman–Crippen LogP) is 0.918. The van der Waals surface area contributed by atoms with E-state index in [0.717, 1.165) is 0 Å². The summed E-state index contributed by atoms with van der Waals surface area (Å²) in [5, 5.41) is 9.01. The van der Waals surface area contributed by atoms with Gasteiger partial charge in [0, 0.05) is 0 Å². The van der Waals surface area contributed by atoms with E-state index in [1.807, 2.05) is 0 Å². The third kappa shape index (κ3) is 4.01. The third-order valence-electron chi connectivity index (χ3n) is 2.01. The van der Waals surface area contributed by atoms with Gasteiger partial charge in [0.2, 0.25) is 10.0 Å². The van der Waals surface area contributed by atoms with E-state index in [1.54, 1.807) is 30.3 Å². The number of aliphatic carboxylic acids is 1. The minimum Gasteiger partial charge on any atom is -0.480 e. The van der Waals surface area contributed by atoms with Gasteiger partial charge in [-0.15, -0.1) is 6.58 Å². The predicted molar refractivity (Wildman–Crippen MR) is 63.9 cm³/mol. The molecule has 0 aliphatic carbocycles. The standard InChI is InChI=1S/C11H13NO4S/c1-2-8-17(15,16)12-10(11(13)14)9-6-4-3-5-7-9/h2-7,10,12H,1,8H2,(H,13,14)/t10-/m1/s1. The number of hydrogen-bond donors (Lipinski definition) is 2. The summed E-state index contributed by atoms with van der Waals surface area (Å²) in [5.74, 6) is -1.56. The van der Waals surface area contributed by atoms with E-state index in [4.69, 9.17) is 5.11 Å². The third-order valence-corrected chi connectivity index (χ3v) is 3.28. The van der Waals surface area contributed by atoms with Crippen molar-refractivity contribution in [2.24, 2.45) is 0 Å². The van der Waals surface area contributed by atoms with Gasteiger partial charge in [0.25, 0.3) is 0 Å². The first-order valence-electron chi connectivity index (χ1n) is 4.85. The average molecular weight is 255 g/mol. The summed E-state index contributed by atoms with van der Waals surface area (Å²) >= 11 is 0. The minimum absolute atomic E-state index is 0.316. The molecule has 0 aromatic heterocycles. The number of hydrogen-bond acceptors (Lipinski definition) is 3. The molecule has 0 radical (unpaired) electrons. The van der Waals surface area contributed by atoms with Crippen LogP contribution in [0, 0.1) is 0 Å². The lowest BCUT2D eigenvalue weighted by Gasteiger charge is -2.14. The van der Waals surface area contributed by atoms with E-state index in [1.165, 1.54) is 6.08 Å². The zero-order valence-corrected chi connectivity index (χ0v) is 9.85. The summed E-state index contributed by atoms with van der Waals surface area (Å²) in [6, 6.07) is 6.84. The molecule has 0 saturated carbocycles. The number of carboxylic acid groups (broad SMARTS) is 1. The van der Waals surface area contributed by atoms with E-state index in [2.05, 4.69) is 11.3 Å². The number of benzene rings is 1. The fourth-order valence-electron chi connectivity index (χ4n) is 1.29. The molecule has 0 fully saturated rings. The summed E-state index contributed by atoms with van der Waals surface area (Å²) in [6.45, 7) is 3.30. The zero-order valence-electron chi connectivity index (χ0n) is 9.04. The van der Waals surface area contributed by atoms with Gasteiger partial charge in [-0.3, -0.25) is 4.79 Å². The van der Waals surface area contributed by atoms with Crippen LogP contribution in [0.5, 0.6) is 0 Å². The molecule has 0 aliphatic rings. The Bertz CT molecular complexity index is 495. The monoisotopic (exact) mass is 255 g/mol. The summed E-state index contributed by atoms with van der Waals surface area (Å²) in [6.07, 6.45) is 1.20. The van der Waals surface area contributed by atoms with Gasteiger partial charge in [0.05, 0.1) is 5.75 Å². The summed E-state index contributed by atoms with van der Waals surface area (Å²) in [5.41, 5.74) is 0.382. The van der Waals surface area contributed by atoms with E-state index >= 15 is 0 Å². The van der Waals surface area contributed by atoms with Gasteiger partial charge in [-0.2, -0.15) is 4.72 Å². The normalized spacial score (nSPS) is 12.9. The second-order valence-corrected chi connectivity index (χ2v) is 5.17. The second kappa shape index (κ2) is 5.60. The van der Waals surface area contributed by atoms with Crippen LogP contribution in [0.4, 0.5) is 0 Å². The maximum atomic E-state index is 11.5. The van der Waals surface area contributed by atoms with Crippen molar-refractivity contribution in [3.63, 3.8) is 0 Å². The molecule has 1 rings (SSSR count). The SMILES string of the molecule is C=CCS(=O)(=O)N[C@@H](C(=O)O)c1ccccc1. The molecule has 5 nitrogen and oxygen atoms in total. The Morgan fingerprint density at radius 1 is 1.41 bits per heavy atom. The average Bonchev–Trinajstić information content (AvgIpc) is 2.27. The van der Waals surface area contributed by atoms with E-state index in [9.17, 15) is 13.2 Å². The number of carbonyl (C=O) groups is 1. The van der Waals surface area contributed by atoms with Crippen molar-refractivity contribution in [2.75, 3.05) is 5.75 Å². The topological polar surface area (TPSA) is 83.5 Å². The van der Waals surface area contributed by atoms with Crippen molar-refractivity contribution in [3.05, 3.63) is 48.6 Å². The molecule has 1 aromatic carbocycles. The molecule has 1 aromatic rings. The van der Waals surface area contributed by atoms with E-state index < -0.39 is 22.0 Å². The summed E-state index contributed by atoms with van der Waals surface area (Å²) in [4.78, 5) is 11.0. The lowest BCUT2D eigenvalue weighted by Crippen LogP contribution is -2.34. The molecule has 0 unspecified atom stereocenters. The number of carboxylic acids is 1.